The largest absolute Gasteiger partial charge is 0.508 e. The first kappa shape index (κ1) is 18.3. The molecule has 0 saturated carbocycles. The first-order valence-electron chi connectivity index (χ1n) is 9.54. The van der Waals surface area contributed by atoms with Crippen LogP contribution < -0.4 is 0 Å². The lowest BCUT2D eigenvalue weighted by Crippen LogP contribution is -2.42. The van der Waals surface area contributed by atoms with Crippen molar-refractivity contribution in [1.82, 2.24) is 9.80 Å². The topological polar surface area (TPSA) is 43.8 Å². The Balaban J connectivity index is 1.66. The number of hydrogen-bond donors (Lipinski definition) is 1. The van der Waals surface area contributed by atoms with Gasteiger partial charge in [-0.25, -0.2) is 0 Å². The van der Waals surface area contributed by atoms with E-state index in [4.69, 9.17) is 0 Å². The van der Waals surface area contributed by atoms with Crippen molar-refractivity contribution >= 4 is 5.91 Å². The molecule has 1 N–H and O–H groups in total. The summed E-state index contributed by atoms with van der Waals surface area (Å²) in [6.45, 7) is 4.86. The Hall–Kier alpha value is -3.11. The van der Waals surface area contributed by atoms with Crippen molar-refractivity contribution in [3.8, 4) is 0 Å². The number of rotatable bonds is 5. The molecule has 0 spiro atoms. The number of aliphatic hydroxyl groups is 1. The molecular formula is C24H24N2O2. The number of nitrogens with zero attached hydrogens (tertiary/aromatic N) is 2. The summed E-state index contributed by atoms with van der Waals surface area (Å²) in [6, 6.07) is 18.3. The van der Waals surface area contributed by atoms with Crippen LogP contribution in [0.5, 0.6) is 0 Å². The molecule has 2 aromatic carbocycles. The number of allylic oxidation sites excluding steroid dienone is 3. The molecule has 2 atom stereocenters. The normalized spacial score (nSPS) is 22.4. The van der Waals surface area contributed by atoms with Crippen LogP contribution in [0, 0.1) is 0 Å². The highest BCUT2D eigenvalue weighted by Crippen LogP contribution is 2.34. The van der Waals surface area contributed by atoms with Crippen LogP contribution >= 0.6 is 0 Å². The zero-order chi connectivity index (χ0) is 19.5. The van der Waals surface area contributed by atoms with Crippen molar-refractivity contribution in [3.05, 3.63) is 108 Å². The average molecular weight is 372 g/mol. The third-order valence-electron chi connectivity index (χ3n) is 5.47. The van der Waals surface area contributed by atoms with Gasteiger partial charge in [0.05, 0.1) is 6.04 Å². The zero-order valence-electron chi connectivity index (χ0n) is 15.7. The smallest absolute Gasteiger partial charge is 0.242 e. The number of fused-ring (bicyclic) bond motifs is 2. The lowest BCUT2D eigenvalue weighted by atomic mass is 9.94. The predicted molar refractivity (Wildman–Crippen MR) is 110 cm³/mol. The van der Waals surface area contributed by atoms with Crippen molar-refractivity contribution in [3.63, 3.8) is 0 Å². The molecule has 2 aliphatic rings. The van der Waals surface area contributed by atoms with E-state index in [1.54, 1.807) is 12.2 Å². The fourth-order valence-corrected chi connectivity index (χ4v) is 4.04. The molecule has 4 nitrogen and oxygen atoms in total. The number of amides is 1. The van der Waals surface area contributed by atoms with Crippen molar-refractivity contribution in [2.24, 2.45) is 0 Å². The van der Waals surface area contributed by atoms with Crippen molar-refractivity contribution in [2.45, 2.75) is 31.7 Å². The maximum absolute atomic E-state index is 13.3. The Labute approximate surface area is 165 Å². The molecule has 1 amide bonds. The second-order valence-electron chi connectivity index (χ2n) is 7.21. The minimum absolute atomic E-state index is 0.107. The van der Waals surface area contributed by atoms with Gasteiger partial charge in [0.25, 0.3) is 0 Å². The molecule has 2 unspecified atom stereocenters. The summed E-state index contributed by atoms with van der Waals surface area (Å²) >= 11 is 0. The summed E-state index contributed by atoms with van der Waals surface area (Å²) in [5.74, 6) is 0.264. The van der Waals surface area contributed by atoms with Crippen LogP contribution in [0.25, 0.3) is 0 Å². The molecule has 0 radical (unpaired) electrons. The lowest BCUT2D eigenvalue weighted by molar-refractivity contribution is -0.130. The van der Waals surface area contributed by atoms with Crippen LogP contribution in [0.4, 0.5) is 0 Å². The Kier molecular flexibility index (Phi) is 5.13. The van der Waals surface area contributed by atoms with E-state index in [0.717, 1.165) is 18.5 Å². The van der Waals surface area contributed by atoms with E-state index >= 15 is 0 Å². The fraction of sp³-hybridized carbons (Fsp3) is 0.208. The van der Waals surface area contributed by atoms with Crippen molar-refractivity contribution in [1.29, 1.82) is 0 Å². The van der Waals surface area contributed by atoms with Crippen LogP contribution in [-0.4, -0.2) is 33.0 Å². The highest BCUT2D eigenvalue weighted by atomic mass is 16.3. The van der Waals surface area contributed by atoms with Crippen LogP contribution in [0.15, 0.2) is 91.2 Å². The number of carbonyl (C=O) groups excluding carboxylic acids is 1. The molecule has 0 bridgehead atoms. The van der Waals surface area contributed by atoms with Crippen LogP contribution in [0.2, 0.25) is 0 Å². The third-order valence-corrected chi connectivity index (χ3v) is 5.47. The van der Waals surface area contributed by atoms with Gasteiger partial charge < -0.3 is 10.0 Å². The highest BCUT2D eigenvalue weighted by molar-refractivity contribution is 5.85. The summed E-state index contributed by atoms with van der Waals surface area (Å²) in [7, 11) is 0. The van der Waals surface area contributed by atoms with Gasteiger partial charge in [0.1, 0.15) is 11.9 Å². The average Bonchev–Trinajstić information content (AvgIpc) is 2.98. The molecule has 28 heavy (non-hydrogen) atoms. The molecule has 4 heteroatoms. The fourth-order valence-electron chi connectivity index (χ4n) is 4.04. The van der Waals surface area contributed by atoms with E-state index < -0.39 is 0 Å². The lowest BCUT2D eigenvalue weighted by Gasteiger charge is -2.33. The molecule has 0 aliphatic carbocycles. The van der Waals surface area contributed by atoms with E-state index in [9.17, 15) is 9.90 Å². The molecule has 1 saturated heterocycles. The predicted octanol–water partition coefficient (Wildman–Crippen LogP) is 3.97. The van der Waals surface area contributed by atoms with Gasteiger partial charge in [-0.2, -0.15) is 0 Å². The first-order chi connectivity index (χ1) is 13.7. The standard InChI is InChI=1S/C24H24N2O2/c1-2-21(27)13-8-14-23-25-17-20-12-7-6-11-19(20)15-22(25)24(28)26(23)16-18-9-4-3-5-10-18/h2-14,22-23,27H,1,15-17H2/b14-8?,21-13+. The SMILES string of the molecule is C=C/C(O)=C\C=CC1N(Cc2ccccc2)C(=O)C2Cc3ccccc3CN21. The molecule has 1 fully saturated rings. The van der Waals surface area contributed by atoms with Gasteiger partial charge in [0, 0.05) is 13.1 Å². The van der Waals surface area contributed by atoms with Crippen LogP contribution in [-0.2, 0) is 24.3 Å². The van der Waals surface area contributed by atoms with E-state index in [-0.39, 0.29) is 23.9 Å². The minimum Gasteiger partial charge on any atom is -0.508 e. The minimum atomic E-state index is -0.153. The molecule has 2 aliphatic heterocycles. The molecule has 0 aromatic heterocycles. The molecule has 2 aromatic rings. The summed E-state index contributed by atoms with van der Waals surface area (Å²) < 4.78 is 0. The van der Waals surface area contributed by atoms with Gasteiger partial charge in [0.2, 0.25) is 5.91 Å². The maximum Gasteiger partial charge on any atom is 0.242 e. The maximum atomic E-state index is 13.3. The summed E-state index contributed by atoms with van der Waals surface area (Å²) in [6.07, 6.45) is 7.36. The molecular weight excluding hydrogens is 348 g/mol. The quantitative estimate of drug-likeness (QED) is 0.638. The van der Waals surface area contributed by atoms with Gasteiger partial charge in [0.15, 0.2) is 0 Å². The number of aliphatic hydroxyl groups excluding tert-OH is 1. The van der Waals surface area contributed by atoms with Gasteiger partial charge in [-0.3, -0.25) is 9.69 Å². The Bertz CT molecular complexity index is 933. The number of hydrogen-bond acceptors (Lipinski definition) is 3. The first-order valence-corrected chi connectivity index (χ1v) is 9.54. The van der Waals surface area contributed by atoms with Crippen LogP contribution in [0.3, 0.4) is 0 Å². The number of carbonyl (C=O) groups is 1. The van der Waals surface area contributed by atoms with Crippen molar-refractivity contribution in [2.75, 3.05) is 0 Å². The summed E-state index contributed by atoms with van der Waals surface area (Å²) in [5, 5.41) is 9.65. The Morgan fingerprint density at radius 1 is 1.11 bits per heavy atom. The van der Waals surface area contributed by atoms with E-state index in [0.29, 0.717) is 6.54 Å². The Morgan fingerprint density at radius 2 is 1.82 bits per heavy atom. The van der Waals surface area contributed by atoms with Crippen molar-refractivity contribution < 1.29 is 9.90 Å². The van der Waals surface area contributed by atoms with Gasteiger partial charge in [-0.05, 0) is 41.3 Å². The van der Waals surface area contributed by atoms with Crippen LogP contribution in [0.1, 0.15) is 16.7 Å². The molecule has 2 heterocycles. The monoisotopic (exact) mass is 372 g/mol. The third kappa shape index (κ3) is 3.51. The second-order valence-corrected chi connectivity index (χ2v) is 7.21. The van der Waals surface area contributed by atoms with E-state index in [1.165, 1.54) is 17.2 Å². The van der Waals surface area contributed by atoms with E-state index in [2.05, 4.69) is 29.7 Å². The Morgan fingerprint density at radius 3 is 2.57 bits per heavy atom. The highest BCUT2D eigenvalue weighted by Gasteiger charge is 2.46. The zero-order valence-corrected chi connectivity index (χ0v) is 15.7. The van der Waals surface area contributed by atoms with Gasteiger partial charge >= 0.3 is 0 Å². The summed E-state index contributed by atoms with van der Waals surface area (Å²) in [4.78, 5) is 17.5. The van der Waals surface area contributed by atoms with Gasteiger partial charge in [-0.15, -0.1) is 0 Å². The number of benzene rings is 2. The molecule has 142 valence electrons. The molecule has 4 rings (SSSR count). The van der Waals surface area contributed by atoms with Gasteiger partial charge in [-0.1, -0.05) is 67.3 Å². The second kappa shape index (κ2) is 7.87. The summed E-state index contributed by atoms with van der Waals surface area (Å²) in [5.41, 5.74) is 3.64. The van der Waals surface area contributed by atoms with E-state index in [1.807, 2.05) is 47.4 Å².